The molecule has 1 aromatic rings. The van der Waals surface area contributed by atoms with E-state index in [1.807, 2.05) is 0 Å². The van der Waals surface area contributed by atoms with Crippen molar-refractivity contribution in [1.82, 2.24) is 4.90 Å². The Hall–Kier alpha value is -2.31. The maximum Gasteiger partial charge on any atom is 0.252 e. The van der Waals surface area contributed by atoms with Crippen molar-refractivity contribution in [2.75, 3.05) is 13.2 Å². The lowest BCUT2D eigenvalue weighted by atomic mass is 9.87. The molecule has 0 radical (unpaired) electrons. The maximum absolute atomic E-state index is 13.6. The van der Waals surface area contributed by atoms with Gasteiger partial charge in [-0.05, 0) is 35.3 Å². The summed E-state index contributed by atoms with van der Waals surface area (Å²) in [4.78, 5) is 14.9. The van der Waals surface area contributed by atoms with Crippen LogP contribution in [-0.4, -0.2) is 42.3 Å². The smallest absolute Gasteiger partial charge is 0.252 e. The lowest BCUT2D eigenvalue weighted by molar-refractivity contribution is -0.152. The summed E-state index contributed by atoms with van der Waals surface area (Å²) in [5.41, 5.74) is 8.40. The molecule has 2 aliphatic heterocycles. The Bertz CT molecular complexity index is 760. The van der Waals surface area contributed by atoms with Crippen molar-refractivity contribution in [3.05, 3.63) is 72.1 Å². The van der Waals surface area contributed by atoms with Crippen LogP contribution in [0.15, 0.2) is 60.7 Å². The van der Waals surface area contributed by atoms with Gasteiger partial charge < -0.3 is 15.4 Å². The summed E-state index contributed by atoms with van der Waals surface area (Å²) in [5.74, 6) is -0.592. The SMILES string of the molecule is C=CC1=C(C=C)[C@H](c2ccc(F)cc2)N(C(=O)[C@H]2C[C@H](N)[C@H](F)CO2)CC1. The van der Waals surface area contributed by atoms with Crippen LogP contribution in [0.3, 0.4) is 0 Å². The van der Waals surface area contributed by atoms with Crippen molar-refractivity contribution in [2.45, 2.75) is 37.2 Å². The van der Waals surface area contributed by atoms with E-state index >= 15 is 0 Å². The first-order valence-corrected chi connectivity index (χ1v) is 9.01. The topological polar surface area (TPSA) is 55.6 Å². The Morgan fingerprint density at radius 2 is 1.96 bits per heavy atom. The van der Waals surface area contributed by atoms with E-state index in [0.717, 1.165) is 16.7 Å². The van der Waals surface area contributed by atoms with Crippen LogP contribution in [0.4, 0.5) is 8.78 Å². The van der Waals surface area contributed by atoms with Gasteiger partial charge in [-0.25, -0.2) is 8.78 Å². The minimum absolute atomic E-state index is 0.133. The minimum atomic E-state index is -1.26. The molecule has 27 heavy (non-hydrogen) atoms. The van der Waals surface area contributed by atoms with Gasteiger partial charge in [0.05, 0.1) is 12.6 Å². The van der Waals surface area contributed by atoms with E-state index in [0.29, 0.717) is 13.0 Å². The van der Waals surface area contributed by atoms with Gasteiger partial charge in [0.1, 0.15) is 18.1 Å². The standard InChI is InChI=1S/C21H24F2N2O2/c1-3-13-9-10-25(21(26)19-11-18(24)17(23)12-27-19)20(16(13)4-2)14-5-7-15(22)8-6-14/h3-8,17-20H,1-2,9-12,24H2/t17-,18+,19-,20+/m1/s1. The number of allylic oxidation sites excluding steroid dienone is 1. The van der Waals surface area contributed by atoms with Crippen LogP contribution in [0.1, 0.15) is 24.4 Å². The lowest BCUT2D eigenvalue weighted by Crippen LogP contribution is -2.52. The van der Waals surface area contributed by atoms with Crippen LogP contribution in [-0.2, 0) is 9.53 Å². The molecule has 2 heterocycles. The van der Waals surface area contributed by atoms with E-state index in [2.05, 4.69) is 13.2 Å². The number of carbonyl (C=O) groups is 1. The largest absolute Gasteiger partial charge is 0.365 e. The maximum atomic E-state index is 13.6. The summed E-state index contributed by atoms with van der Waals surface area (Å²) in [6.45, 7) is 8.00. The Kier molecular flexibility index (Phi) is 5.87. The molecule has 4 nitrogen and oxygen atoms in total. The predicted molar refractivity (Wildman–Crippen MR) is 100 cm³/mol. The van der Waals surface area contributed by atoms with Crippen molar-refractivity contribution >= 4 is 5.91 Å². The molecule has 2 N–H and O–H groups in total. The Labute approximate surface area is 158 Å². The first-order valence-electron chi connectivity index (χ1n) is 9.01. The van der Waals surface area contributed by atoms with Gasteiger partial charge in [0.15, 0.2) is 0 Å². The highest BCUT2D eigenvalue weighted by molar-refractivity contribution is 5.82. The molecule has 144 valence electrons. The Balaban J connectivity index is 1.96. The van der Waals surface area contributed by atoms with Gasteiger partial charge in [0.2, 0.25) is 0 Å². The van der Waals surface area contributed by atoms with Gasteiger partial charge in [-0.15, -0.1) is 0 Å². The molecular weight excluding hydrogens is 350 g/mol. The van der Waals surface area contributed by atoms with Gasteiger partial charge in [0, 0.05) is 19.0 Å². The fraction of sp³-hybridized carbons (Fsp3) is 0.381. The van der Waals surface area contributed by atoms with E-state index in [-0.39, 0.29) is 24.8 Å². The number of benzene rings is 1. The van der Waals surface area contributed by atoms with Crippen LogP contribution in [0.2, 0.25) is 0 Å². The van der Waals surface area contributed by atoms with Crippen LogP contribution < -0.4 is 5.73 Å². The summed E-state index contributed by atoms with van der Waals surface area (Å²) < 4.78 is 32.4. The van der Waals surface area contributed by atoms with Gasteiger partial charge in [0.25, 0.3) is 5.91 Å². The van der Waals surface area contributed by atoms with Gasteiger partial charge in [-0.2, -0.15) is 0 Å². The third-order valence-corrected chi connectivity index (χ3v) is 5.22. The molecule has 1 amide bonds. The van der Waals surface area contributed by atoms with Crippen molar-refractivity contribution in [1.29, 1.82) is 0 Å². The zero-order valence-electron chi connectivity index (χ0n) is 15.1. The van der Waals surface area contributed by atoms with E-state index in [9.17, 15) is 13.6 Å². The number of nitrogens with zero attached hydrogens (tertiary/aromatic N) is 1. The van der Waals surface area contributed by atoms with Crippen LogP contribution in [0.5, 0.6) is 0 Å². The van der Waals surface area contributed by atoms with Crippen molar-refractivity contribution in [2.24, 2.45) is 5.73 Å². The highest BCUT2D eigenvalue weighted by atomic mass is 19.1. The average Bonchev–Trinajstić information content (AvgIpc) is 2.69. The number of amides is 1. The molecule has 2 aliphatic rings. The molecule has 0 bridgehead atoms. The predicted octanol–water partition coefficient (Wildman–Crippen LogP) is 3.22. The second kappa shape index (κ2) is 8.15. The highest BCUT2D eigenvalue weighted by Gasteiger charge is 2.39. The number of nitrogens with two attached hydrogens (primary N) is 1. The number of rotatable bonds is 4. The summed E-state index contributed by atoms with van der Waals surface area (Å²) in [6.07, 6.45) is 2.17. The minimum Gasteiger partial charge on any atom is -0.365 e. The summed E-state index contributed by atoms with van der Waals surface area (Å²) in [5, 5.41) is 0. The Morgan fingerprint density at radius 3 is 2.56 bits per heavy atom. The summed E-state index contributed by atoms with van der Waals surface area (Å²) in [7, 11) is 0. The third kappa shape index (κ3) is 3.87. The quantitative estimate of drug-likeness (QED) is 0.880. The summed E-state index contributed by atoms with van der Waals surface area (Å²) >= 11 is 0. The molecule has 1 aromatic carbocycles. The molecule has 0 spiro atoms. The summed E-state index contributed by atoms with van der Waals surface area (Å²) in [6, 6.07) is 4.88. The number of hydrogen-bond donors (Lipinski definition) is 1. The number of carbonyl (C=O) groups excluding carboxylic acids is 1. The molecular formula is C21H24F2N2O2. The van der Waals surface area contributed by atoms with Gasteiger partial charge in [-0.1, -0.05) is 37.4 Å². The van der Waals surface area contributed by atoms with Gasteiger partial charge in [-0.3, -0.25) is 4.79 Å². The highest BCUT2D eigenvalue weighted by Crippen LogP contribution is 2.38. The van der Waals surface area contributed by atoms with E-state index in [1.165, 1.54) is 12.1 Å². The zero-order valence-corrected chi connectivity index (χ0v) is 15.1. The monoisotopic (exact) mass is 374 g/mol. The number of alkyl halides is 1. The van der Waals surface area contributed by atoms with E-state index < -0.39 is 24.4 Å². The number of ether oxygens (including phenoxy) is 1. The average molecular weight is 374 g/mol. The molecule has 0 aromatic heterocycles. The number of halogens is 2. The molecule has 0 saturated carbocycles. The number of hydrogen-bond acceptors (Lipinski definition) is 3. The third-order valence-electron chi connectivity index (χ3n) is 5.22. The molecule has 6 heteroatoms. The normalized spacial score (nSPS) is 28.8. The molecule has 0 unspecified atom stereocenters. The van der Waals surface area contributed by atoms with E-state index in [1.54, 1.807) is 29.2 Å². The molecule has 1 fully saturated rings. The first-order chi connectivity index (χ1) is 13.0. The van der Waals surface area contributed by atoms with Crippen LogP contribution in [0.25, 0.3) is 0 Å². The molecule has 0 aliphatic carbocycles. The van der Waals surface area contributed by atoms with E-state index in [4.69, 9.17) is 10.5 Å². The fourth-order valence-corrected chi connectivity index (χ4v) is 3.71. The lowest BCUT2D eigenvalue weighted by Gasteiger charge is -2.41. The second-order valence-corrected chi connectivity index (χ2v) is 6.86. The Morgan fingerprint density at radius 1 is 1.26 bits per heavy atom. The molecule has 3 rings (SSSR count). The second-order valence-electron chi connectivity index (χ2n) is 6.86. The molecule has 1 saturated heterocycles. The van der Waals surface area contributed by atoms with Crippen molar-refractivity contribution in [3.63, 3.8) is 0 Å². The zero-order chi connectivity index (χ0) is 19.6. The first kappa shape index (κ1) is 19.5. The van der Waals surface area contributed by atoms with Crippen LogP contribution >= 0.6 is 0 Å². The molecule has 4 atom stereocenters. The van der Waals surface area contributed by atoms with Crippen molar-refractivity contribution in [3.8, 4) is 0 Å². The van der Waals surface area contributed by atoms with Crippen LogP contribution in [0, 0.1) is 5.82 Å². The fourth-order valence-electron chi connectivity index (χ4n) is 3.71. The van der Waals surface area contributed by atoms with Gasteiger partial charge >= 0.3 is 0 Å². The van der Waals surface area contributed by atoms with Crippen molar-refractivity contribution < 1.29 is 18.3 Å².